The maximum absolute atomic E-state index is 8.72. The van der Waals surface area contributed by atoms with Gasteiger partial charge >= 0.3 is 0 Å². The highest BCUT2D eigenvalue weighted by atomic mass is 16.6. The third kappa shape index (κ3) is 2.27. The zero-order valence-corrected chi connectivity index (χ0v) is 9.27. The molecule has 0 aliphatic heterocycles. The Kier molecular flexibility index (Phi) is 4.25. The van der Waals surface area contributed by atoms with Gasteiger partial charge in [0, 0.05) is 17.6 Å². The Labute approximate surface area is 94.2 Å². The maximum atomic E-state index is 8.72. The first-order chi connectivity index (χ1) is 7.85. The van der Waals surface area contributed by atoms with Crippen molar-refractivity contribution in [2.45, 2.75) is 13.8 Å². The van der Waals surface area contributed by atoms with E-state index in [1.165, 1.54) is 0 Å². The smallest absolute Gasteiger partial charge is 0.157 e. The molecule has 0 bridgehead atoms. The van der Waals surface area contributed by atoms with Crippen molar-refractivity contribution in [3.63, 3.8) is 0 Å². The Morgan fingerprint density at radius 2 is 2.06 bits per heavy atom. The number of hydrogen-bond acceptors (Lipinski definition) is 4. The normalized spacial score (nSPS) is 8.88. The number of fused-ring (bicyclic) bond motifs is 1. The molecule has 2 rings (SSSR count). The lowest BCUT2D eigenvalue weighted by molar-refractivity contribution is 0.338. The summed E-state index contributed by atoms with van der Waals surface area (Å²) < 4.78 is 0. The summed E-state index contributed by atoms with van der Waals surface area (Å²) in [5, 5.41) is 9.46. The molecule has 2 N–H and O–H groups in total. The molecule has 2 aromatic rings. The average molecular weight is 215 g/mol. The van der Waals surface area contributed by atoms with Crippen LogP contribution in [0.4, 0.5) is 0 Å². The second-order valence-corrected chi connectivity index (χ2v) is 2.77. The molecule has 0 saturated carbocycles. The van der Waals surface area contributed by atoms with Gasteiger partial charge < -0.3 is 4.84 Å². The Bertz CT molecular complexity index is 517. The number of hydrogen-bond donors (Lipinski definition) is 1. The summed E-state index contributed by atoms with van der Waals surface area (Å²) in [7, 11) is 0. The van der Waals surface area contributed by atoms with Crippen molar-refractivity contribution in [3.8, 4) is 11.8 Å². The molecule has 1 aromatic heterocycles. The fraction of sp³-hybridized carbons (Fsp3) is 0.167. The lowest BCUT2D eigenvalue weighted by atomic mass is 10.1. The highest BCUT2D eigenvalue weighted by Gasteiger charge is 2.02. The molecule has 0 amide bonds. The second kappa shape index (κ2) is 5.69. The zero-order valence-electron chi connectivity index (χ0n) is 9.27. The SMILES string of the molecule is CC.N#Cc1ccc2nccc(ON)c2c1. The fourth-order valence-electron chi connectivity index (χ4n) is 1.29. The van der Waals surface area contributed by atoms with Crippen LogP contribution >= 0.6 is 0 Å². The molecule has 0 aliphatic rings. The minimum atomic E-state index is 0.520. The van der Waals surface area contributed by atoms with Gasteiger partial charge in [-0.05, 0) is 18.2 Å². The van der Waals surface area contributed by atoms with Crippen molar-refractivity contribution in [2.24, 2.45) is 5.90 Å². The lowest BCUT2D eigenvalue weighted by Crippen LogP contribution is -2.02. The monoisotopic (exact) mass is 215 g/mol. The quantitative estimate of drug-likeness (QED) is 0.741. The van der Waals surface area contributed by atoms with Crippen LogP contribution in [-0.4, -0.2) is 4.98 Å². The minimum Gasteiger partial charge on any atom is -0.411 e. The largest absolute Gasteiger partial charge is 0.411 e. The number of pyridine rings is 1. The topological polar surface area (TPSA) is 71.9 Å². The molecule has 0 spiro atoms. The summed E-state index contributed by atoms with van der Waals surface area (Å²) >= 11 is 0. The summed E-state index contributed by atoms with van der Waals surface area (Å²) in [5.74, 6) is 5.62. The molecule has 0 fully saturated rings. The fourth-order valence-corrected chi connectivity index (χ4v) is 1.29. The van der Waals surface area contributed by atoms with Gasteiger partial charge in [0.2, 0.25) is 0 Å². The van der Waals surface area contributed by atoms with Gasteiger partial charge in [-0.25, -0.2) is 0 Å². The van der Waals surface area contributed by atoms with Gasteiger partial charge in [0.1, 0.15) is 0 Å². The second-order valence-electron chi connectivity index (χ2n) is 2.77. The first-order valence-corrected chi connectivity index (χ1v) is 5.01. The van der Waals surface area contributed by atoms with Crippen LogP contribution in [-0.2, 0) is 0 Å². The van der Waals surface area contributed by atoms with E-state index in [2.05, 4.69) is 9.82 Å². The van der Waals surface area contributed by atoms with Crippen LogP contribution in [0.2, 0.25) is 0 Å². The van der Waals surface area contributed by atoms with E-state index in [0.717, 1.165) is 10.9 Å². The molecule has 0 unspecified atom stereocenters. The number of nitrogens with zero attached hydrogens (tertiary/aromatic N) is 2. The van der Waals surface area contributed by atoms with E-state index in [0.29, 0.717) is 11.3 Å². The number of aromatic nitrogens is 1. The van der Waals surface area contributed by atoms with Crippen molar-refractivity contribution in [3.05, 3.63) is 36.0 Å². The van der Waals surface area contributed by atoms with E-state index in [4.69, 9.17) is 11.2 Å². The van der Waals surface area contributed by atoms with Gasteiger partial charge in [0.05, 0.1) is 17.1 Å². The van der Waals surface area contributed by atoms with Crippen LogP contribution in [0.1, 0.15) is 19.4 Å². The van der Waals surface area contributed by atoms with Crippen molar-refractivity contribution >= 4 is 10.9 Å². The Morgan fingerprint density at radius 1 is 1.31 bits per heavy atom. The van der Waals surface area contributed by atoms with Gasteiger partial charge in [0.15, 0.2) is 5.75 Å². The highest BCUT2D eigenvalue weighted by molar-refractivity contribution is 5.85. The first kappa shape index (κ1) is 12.0. The summed E-state index contributed by atoms with van der Waals surface area (Å²) in [6.45, 7) is 4.00. The molecule has 1 heterocycles. The van der Waals surface area contributed by atoms with E-state index >= 15 is 0 Å². The average Bonchev–Trinajstić information content (AvgIpc) is 2.39. The standard InChI is InChI=1S/C10H7N3O.C2H6/c11-6-7-1-2-9-8(5-7)10(14-12)3-4-13-9;1-2/h1-5H,12H2;1-2H3. The number of nitrogens with two attached hydrogens (primary N) is 1. The molecule has 0 saturated heterocycles. The highest BCUT2D eigenvalue weighted by Crippen LogP contribution is 2.23. The molecular weight excluding hydrogens is 202 g/mol. The molecule has 0 aliphatic carbocycles. The predicted molar refractivity (Wildman–Crippen MR) is 62.6 cm³/mol. The molecule has 1 aromatic carbocycles. The first-order valence-electron chi connectivity index (χ1n) is 5.01. The third-order valence-electron chi connectivity index (χ3n) is 1.96. The Balaban J connectivity index is 0.000000606. The molecule has 0 atom stereocenters. The Morgan fingerprint density at radius 3 is 2.69 bits per heavy atom. The van der Waals surface area contributed by atoms with Crippen LogP contribution in [0, 0.1) is 11.3 Å². The number of benzene rings is 1. The molecule has 16 heavy (non-hydrogen) atoms. The molecule has 4 nitrogen and oxygen atoms in total. The van der Waals surface area contributed by atoms with Crippen molar-refractivity contribution in [2.75, 3.05) is 0 Å². The molecule has 0 radical (unpaired) electrons. The van der Waals surface area contributed by atoms with Crippen molar-refractivity contribution < 1.29 is 4.84 Å². The number of nitriles is 1. The summed E-state index contributed by atoms with van der Waals surface area (Å²) in [6.07, 6.45) is 1.61. The summed E-state index contributed by atoms with van der Waals surface area (Å²) in [4.78, 5) is 8.80. The van der Waals surface area contributed by atoms with E-state index in [9.17, 15) is 0 Å². The Hall–Kier alpha value is -2.12. The van der Waals surface area contributed by atoms with E-state index in [1.54, 1.807) is 30.5 Å². The van der Waals surface area contributed by atoms with E-state index < -0.39 is 0 Å². The van der Waals surface area contributed by atoms with Gasteiger partial charge in [-0.3, -0.25) is 4.98 Å². The van der Waals surface area contributed by atoms with Crippen molar-refractivity contribution in [1.29, 1.82) is 5.26 Å². The number of rotatable bonds is 1. The molecule has 4 heteroatoms. The zero-order chi connectivity index (χ0) is 12.0. The van der Waals surface area contributed by atoms with Crippen LogP contribution < -0.4 is 10.7 Å². The summed E-state index contributed by atoms with van der Waals surface area (Å²) in [6, 6.07) is 8.87. The van der Waals surface area contributed by atoms with E-state index in [-0.39, 0.29) is 0 Å². The minimum absolute atomic E-state index is 0.520. The van der Waals surface area contributed by atoms with Crippen LogP contribution in [0.3, 0.4) is 0 Å². The lowest BCUT2D eigenvalue weighted by Gasteiger charge is -2.02. The van der Waals surface area contributed by atoms with Crippen LogP contribution in [0.5, 0.6) is 5.75 Å². The van der Waals surface area contributed by atoms with Crippen LogP contribution in [0.15, 0.2) is 30.5 Å². The molecule has 82 valence electrons. The van der Waals surface area contributed by atoms with Crippen molar-refractivity contribution in [1.82, 2.24) is 4.98 Å². The van der Waals surface area contributed by atoms with Gasteiger partial charge in [-0.15, -0.1) is 0 Å². The maximum Gasteiger partial charge on any atom is 0.157 e. The van der Waals surface area contributed by atoms with Gasteiger partial charge in [-0.1, -0.05) is 13.8 Å². The summed E-state index contributed by atoms with van der Waals surface area (Å²) in [5.41, 5.74) is 1.32. The predicted octanol–water partition coefficient (Wildman–Crippen LogP) is 2.39. The van der Waals surface area contributed by atoms with E-state index in [1.807, 2.05) is 19.9 Å². The van der Waals surface area contributed by atoms with Crippen LogP contribution in [0.25, 0.3) is 10.9 Å². The third-order valence-corrected chi connectivity index (χ3v) is 1.96. The van der Waals surface area contributed by atoms with Gasteiger partial charge in [0.25, 0.3) is 0 Å². The molecular formula is C12H13N3O. The van der Waals surface area contributed by atoms with Gasteiger partial charge in [-0.2, -0.15) is 11.2 Å².